The van der Waals surface area contributed by atoms with Crippen molar-refractivity contribution in [2.24, 2.45) is 10.9 Å². The molecule has 0 saturated carbocycles. The van der Waals surface area contributed by atoms with Crippen LogP contribution in [0.25, 0.3) is 0 Å². The molecule has 1 aliphatic rings. The molecule has 0 atom stereocenters. The van der Waals surface area contributed by atoms with Crippen molar-refractivity contribution in [3.63, 3.8) is 0 Å². The van der Waals surface area contributed by atoms with E-state index < -0.39 is 0 Å². The highest BCUT2D eigenvalue weighted by atomic mass is 16.5. The summed E-state index contributed by atoms with van der Waals surface area (Å²) in [5, 5.41) is 0. The fourth-order valence-corrected chi connectivity index (χ4v) is 1.07. The number of hydrogen-bond acceptors (Lipinski definition) is 2. The van der Waals surface area contributed by atoms with Crippen LogP contribution in [-0.2, 0) is 4.74 Å². The molecule has 1 aliphatic heterocycles. The molecule has 0 bridgehead atoms. The first kappa shape index (κ1) is 9.52. The fourth-order valence-electron chi connectivity index (χ4n) is 1.07. The molecule has 1 saturated heterocycles. The maximum atomic E-state index is 5.22. The number of ether oxygens (including phenoxy) is 1. The third-order valence-corrected chi connectivity index (χ3v) is 1.76. The highest BCUT2D eigenvalue weighted by Crippen LogP contribution is 1.95. The molecule has 0 aliphatic carbocycles. The Morgan fingerprint density at radius 1 is 1.42 bits per heavy atom. The SMILES string of the molecule is CC(C)CN=CN1CCOCC1. The van der Waals surface area contributed by atoms with E-state index in [1.54, 1.807) is 0 Å². The molecule has 1 rings (SSSR count). The molecule has 0 aromatic rings. The summed E-state index contributed by atoms with van der Waals surface area (Å²) < 4.78 is 5.22. The van der Waals surface area contributed by atoms with E-state index in [1.165, 1.54) is 0 Å². The van der Waals surface area contributed by atoms with Gasteiger partial charge in [-0.3, -0.25) is 4.99 Å². The van der Waals surface area contributed by atoms with Gasteiger partial charge in [-0.25, -0.2) is 0 Å². The van der Waals surface area contributed by atoms with Crippen LogP contribution in [0, 0.1) is 5.92 Å². The van der Waals surface area contributed by atoms with E-state index in [4.69, 9.17) is 4.74 Å². The van der Waals surface area contributed by atoms with Gasteiger partial charge >= 0.3 is 0 Å². The minimum atomic E-state index is 0.655. The van der Waals surface area contributed by atoms with Crippen LogP contribution in [0.15, 0.2) is 4.99 Å². The van der Waals surface area contributed by atoms with Crippen LogP contribution in [0.4, 0.5) is 0 Å². The van der Waals surface area contributed by atoms with E-state index in [-0.39, 0.29) is 0 Å². The maximum absolute atomic E-state index is 5.22. The van der Waals surface area contributed by atoms with Gasteiger partial charge < -0.3 is 9.64 Å². The number of rotatable bonds is 3. The van der Waals surface area contributed by atoms with Crippen LogP contribution in [0.2, 0.25) is 0 Å². The van der Waals surface area contributed by atoms with Gasteiger partial charge in [-0.15, -0.1) is 0 Å². The molecule has 0 unspecified atom stereocenters. The van der Waals surface area contributed by atoms with Crippen LogP contribution < -0.4 is 0 Å². The summed E-state index contributed by atoms with van der Waals surface area (Å²) in [7, 11) is 0. The third kappa shape index (κ3) is 3.72. The Morgan fingerprint density at radius 2 is 2.08 bits per heavy atom. The minimum absolute atomic E-state index is 0.655. The van der Waals surface area contributed by atoms with Gasteiger partial charge in [0.25, 0.3) is 0 Å². The van der Waals surface area contributed by atoms with Crippen molar-refractivity contribution in [2.75, 3.05) is 32.8 Å². The topological polar surface area (TPSA) is 24.8 Å². The highest BCUT2D eigenvalue weighted by molar-refractivity contribution is 5.54. The Balaban J connectivity index is 2.15. The van der Waals surface area contributed by atoms with Crippen molar-refractivity contribution < 1.29 is 4.74 Å². The van der Waals surface area contributed by atoms with Crippen LogP contribution in [0.5, 0.6) is 0 Å². The van der Waals surface area contributed by atoms with Gasteiger partial charge in [0.1, 0.15) is 0 Å². The van der Waals surface area contributed by atoms with E-state index in [0.29, 0.717) is 5.92 Å². The summed E-state index contributed by atoms with van der Waals surface area (Å²) in [4.78, 5) is 6.55. The van der Waals surface area contributed by atoms with Crippen LogP contribution >= 0.6 is 0 Å². The summed E-state index contributed by atoms with van der Waals surface area (Å²) in [6.07, 6.45) is 1.96. The lowest BCUT2D eigenvalue weighted by Gasteiger charge is -2.24. The van der Waals surface area contributed by atoms with Gasteiger partial charge in [0, 0.05) is 19.6 Å². The number of nitrogens with zero attached hydrogens (tertiary/aromatic N) is 2. The van der Waals surface area contributed by atoms with E-state index in [0.717, 1.165) is 32.8 Å². The quantitative estimate of drug-likeness (QED) is 0.466. The second-order valence-corrected chi connectivity index (χ2v) is 3.52. The Kier molecular flexibility index (Phi) is 4.08. The number of hydrogen-bond donors (Lipinski definition) is 0. The molecule has 0 aromatic heterocycles. The molecule has 0 amide bonds. The summed E-state index contributed by atoms with van der Waals surface area (Å²) in [6, 6.07) is 0. The van der Waals surface area contributed by atoms with E-state index in [9.17, 15) is 0 Å². The second kappa shape index (κ2) is 5.14. The van der Waals surface area contributed by atoms with Gasteiger partial charge in [-0.05, 0) is 5.92 Å². The normalized spacial score (nSPS) is 19.4. The standard InChI is InChI=1S/C9H18N2O/c1-9(2)7-10-8-11-3-5-12-6-4-11/h8-9H,3-7H2,1-2H3. The largest absolute Gasteiger partial charge is 0.378 e. The number of aliphatic imine (C=N–C) groups is 1. The van der Waals surface area contributed by atoms with Crippen molar-refractivity contribution in [3.8, 4) is 0 Å². The highest BCUT2D eigenvalue weighted by Gasteiger charge is 2.05. The van der Waals surface area contributed by atoms with E-state index >= 15 is 0 Å². The van der Waals surface area contributed by atoms with Crippen molar-refractivity contribution in [3.05, 3.63) is 0 Å². The average molecular weight is 170 g/mol. The summed E-state index contributed by atoms with van der Waals surface area (Å²) >= 11 is 0. The van der Waals surface area contributed by atoms with Crippen LogP contribution in [-0.4, -0.2) is 44.1 Å². The minimum Gasteiger partial charge on any atom is -0.378 e. The van der Waals surface area contributed by atoms with Crippen molar-refractivity contribution >= 4 is 6.34 Å². The predicted octanol–water partition coefficient (Wildman–Crippen LogP) is 1.00. The lowest BCUT2D eigenvalue weighted by molar-refractivity contribution is 0.0699. The van der Waals surface area contributed by atoms with Crippen molar-refractivity contribution in [1.29, 1.82) is 0 Å². The summed E-state index contributed by atoms with van der Waals surface area (Å²) in [6.45, 7) is 8.94. The van der Waals surface area contributed by atoms with Gasteiger partial charge in [-0.2, -0.15) is 0 Å². The predicted molar refractivity (Wildman–Crippen MR) is 50.6 cm³/mol. The van der Waals surface area contributed by atoms with E-state index in [1.807, 2.05) is 6.34 Å². The van der Waals surface area contributed by atoms with E-state index in [2.05, 4.69) is 23.7 Å². The zero-order valence-electron chi connectivity index (χ0n) is 7.99. The maximum Gasteiger partial charge on any atom is 0.0851 e. The van der Waals surface area contributed by atoms with Crippen molar-refractivity contribution in [2.45, 2.75) is 13.8 Å². The Bertz CT molecular complexity index is 139. The molecule has 70 valence electrons. The Hall–Kier alpha value is -0.570. The summed E-state index contributed by atoms with van der Waals surface area (Å²) in [5.74, 6) is 0.655. The van der Waals surface area contributed by atoms with Crippen molar-refractivity contribution in [1.82, 2.24) is 4.90 Å². The smallest absolute Gasteiger partial charge is 0.0851 e. The Labute approximate surface area is 74.4 Å². The monoisotopic (exact) mass is 170 g/mol. The van der Waals surface area contributed by atoms with Crippen LogP contribution in [0.3, 0.4) is 0 Å². The fraction of sp³-hybridized carbons (Fsp3) is 0.889. The van der Waals surface area contributed by atoms with Gasteiger partial charge in [0.2, 0.25) is 0 Å². The van der Waals surface area contributed by atoms with Crippen LogP contribution in [0.1, 0.15) is 13.8 Å². The van der Waals surface area contributed by atoms with Gasteiger partial charge in [0.15, 0.2) is 0 Å². The molecule has 0 spiro atoms. The third-order valence-electron chi connectivity index (χ3n) is 1.76. The molecule has 3 nitrogen and oxygen atoms in total. The molecule has 1 fully saturated rings. The lowest BCUT2D eigenvalue weighted by atomic mass is 10.2. The molecule has 0 radical (unpaired) electrons. The molecular formula is C9H18N2O. The molecule has 0 aromatic carbocycles. The average Bonchev–Trinajstić information content (AvgIpc) is 2.05. The Morgan fingerprint density at radius 3 is 2.67 bits per heavy atom. The lowest BCUT2D eigenvalue weighted by Crippen LogP contribution is -2.35. The van der Waals surface area contributed by atoms with Gasteiger partial charge in [-0.1, -0.05) is 13.8 Å². The van der Waals surface area contributed by atoms with Gasteiger partial charge in [0.05, 0.1) is 19.6 Å². The second-order valence-electron chi connectivity index (χ2n) is 3.52. The zero-order chi connectivity index (χ0) is 8.81. The first-order valence-electron chi connectivity index (χ1n) is 4.61. The first-order chi connectivity index (χ1) is 5.79. The molecule has 12 heavy (non-hydrogen) atoms. The summed E-state index contributed by atoms with van der Waals surface area (Å²) in [5.41, 5.74) is 0. The molecule has 1 heterocycles. The first-order valence-corrected chi connectivity index (χ1v) is 4.61. The number of morpholine rings is 1. The zero-order valence-corrected chi connectivity index (χ0v) is 7.99. The molecule has 3 heteroatoms. The molecule has 0 N–H and O–H groups in total. The molecular weight excluding hydrogens is 152 g/mol.